The summed E-state index contributed by atoms with van der Waals surface area (Å²) >= 11 is 0. The van der Waals surface area contributed by atoms with Crippen LogP contribution in [0.5, 0.6) is 0 Å². The van der Waals surface area contributed by atoms with Crippen molar-refractivity contribution in [2.45, 2.75) is 77.3 Å². The molecule has 0 unspecified atom stereocenters. The summed E-state index contributed by atoms with van der Waals surface area (Å²) in [5.74, 6) is 0. The second-order valence-corrected chi connectivity index (χ2v) is 12.1. The highest BCUT2D eigenvalue weighted by atomic mass is 32.2. The summed E-state index contributed by atoms with van der Waals surface area (Å²) in [6.45, 7) is 13.8. The summed E-state index contributed by atoms with van der Waals surface area (Å²) in [4.78, 5) is 0.339. The van der Waals surface area contributed by atoms with Crippen molar-refractivity contribution in [3.05, 3.63) is 57.6 Å². The highest BCUT2D eigenvalue weighted by molar-refractivity contribution is 7.89. The van der Waals surface area contributed by atoms with E-state index in [1.165, 1.54) is 0 Å². The fourth-order valence-electron chi connectivity index (χ4n) is 3.76. The number of rotatable bonds is 8. The Kier molecular flexibility index (Phi) is 10.9. The van der Waals surface area contributed by atoms with Crippen molar-refractivity contribution in [3.63, 3.8) is 0 Å². The van der Waals surface area contributed by atoms with Gasteiger partial charge in [-0.15, -0.1) is 0 Å². The van der Waals surface area contributed by atoms with Gasteiger partial charge in [0.2, 0.25) is 10.0 Å². The number of nitrogens with two attached hydrogens (primary N) is 1. The zero-order valence-corrected chi connectivity index (χ0v) is 22.9. The number of nitrogens with one attached hydrogen (secondary N) is 1. The van der Waals surface area contributed by atoms with Gasteiger partial charge in [0.25, 0.3) is 10.1 Å². The minimum Gasteiger partial charge on any atom is -0.395 e. The molecule has 0 aromatic heterocycles. The molecule has 0 bridgehead atoms. The average molecular weight is 515 g/mol. The quantitative estimate of drug-likeness (QED) is 0.461. The van der Waals surface area contributed by atoms with Crippen LogP contribution in [0.2, 0.25) is 0 Å². The van der Waals surface area contributed by atoms with Gasteiger partial charge in [0.05, 0.1) is 23.0 Å². The van der Waals surface area contributed by atoms with Crippen LogP contribution in [0.3, 0.4) is 0 Å². The van der Waals surface area contributed by atoms with Crippen LogP contribution >= 0.6 is 0 Å². The molecule has 34 heavy (non-hydrogen) atoms. The van der Waals surface area contributed by atoms with Crippen molar-refractivity contribution < 1.29 is 26.1 Å². The molecule has 4 N–H and O–H groups in total. The molecular formula is C24H38N2O6S2. The third kappa shape index (κ3) is 8.44. The molecule has 8 nitrogen and oxygen atoms in total. The largest absolute Gasteiger partial charge is 0.395 e. The van der Waals surface area contributed by atoms with E-state index in [1.807, 2.05) is 13.8 Å². The lowest BCUT2D eigenvalue weighted by atomic mass is 10.1. The van der Waals surface area contributed by atoms with E-state index in [0.717, 1.165) is 11.1 Å². The molecule has 0 fully saturated rings. The molecule has 2 rings (SSSR count). The normalized spacial score (nSPS) is 13.7. The van der Waals surface area contributed by atoms with Gasteiger partial charge in [-0.05, 0) is 77.6 Å². The predicted molar refractivity (Wildman–Crippen MR) is 135 cm³/mol. The zero-order valence-electron chi connectivity index (χ0n) is 21.3. The smallest absolute Gasteiger partial charge is 0.297 e. The van der Waals surface area contributed by atoms with E-state index in [0.29, 0.717) is 22.3 Å². The maximum atomic E-state index is 12.8. The van der Waals surface area contributed by atoms with E-state index in [1.54, 1.807) is 65.8 Å². The maximum absolute atomic E-state index is 12.8. The van der Waals surface area contributed by atoms with Crippen LogP contribution in [0.25, 0.3) is 0 Å². The Hall–Kier alpha value is -1.82. The lowest BCUT2D eigenvalue weighted by molar-refractivity contribution is 0.273. The van der Waals surface area contributed by atoms with Gasteiger partial charge in [-0.2, -0.15) is 8.42 Å². The number of aliphatic hydroxyl groups excluding tert-OH is 1. The Morgan fingerprint density at radius 2 is 1.18 bits per heavy atom. The molecule has 0 aliphatic rings. The van der Waals surface area contributed by atoms with Crippen molar-refractivity contribution >= 4 is 20.1 Å². The van der Waals surface area contributed by atoms with Crippen molar-refractivity contribution in [1.82, 2.24) is 4.72 Å². The predicted octanol–water partition coefficient (Wildman–Crippen LogP) is 2.94. The third-order valence-electron chi connectivity index (χ3n) is 4.85. The van der Waals surface area contributed by atoms with Crippen LogP contribution in [0.4, 0.5) is 0 Å². The minimum atomic E-state index is -4.01. The first-order valence-electron chi connectivity index (χ1n) is 11.0. The van der Waals surface area contributed by atoms with Gasteiger partial charge < -0.3 is 10.8 Å². The van der Waals surface area contributed by atoms with Gasteiger partial charge in [0, 0.05) is 12.1 Å². The molecule has 0 amide bonds. The standard InChI is InChI=1S/C21H29NO5S2.C3H9NO/c1-13-8-15(3)20(16(4)9-13)28(23,24)22-19(7)12-27-29(25,26)21-17(5)10-14(2)11-18(21)6;1-3(4)2-5/h8-11,19,22H,12H2,1-7H3;3,5H,2,4H2,1H3/t19-;3-/m00/s1. The van der Waals surface area contributed by atoms with E-state index < -0.39 is 26.2 Å². The Labute approximate surface area is 204 Å². The van der Waals surface area contributed by atoms with Crippen molar-refractivity contribution in [2.24, 2.45) is 5.73 Å². The Morgan fingerprint density at radius 1 is 0.824 bits per heavy atom. The van der Waals surface area contributed by atoms with E-state index in [-0.39, 0.29) is 29.0 Å². The molecular weight excluding hydrogens is 476 g/mol. The number of hydrogen-bond donors (Lipinski definition) is 3. The summed E-state index contributed by atoms with van der Waals surface area (Å²) in [5.41, 5.74) is 9.46. The molecule has 0 radical (unpaired) electrons. The lowest BCUT2D eigenvalue weighted by Gasteiger charge is -2.18. The molecule has 2 aromatic carbocycles. The van der Waals surface area contributed by atoms with Gasteiger partial charge in [0.15, 0.2) is 0 Å². The second-order valence-electron chi connectivity index (χ2n) is 8.88. The summed E-state index contributed by atoms with van der Waals surface area (Å²) in [6, 6.07) is 6.36. The number of aryl methyl sites for hydroxylation is 6. The number of hydrogen-bond acceptors (Lipinski definition) is 7. The molecule has 0 aliphatic carbocycles. The SMILES string of the molecule is C[C@H](N)CO.Cc1cc(C)c(S(=O)(=O)N[C@@H](C)COS(=O)(=O)c2c(C)cc(C)cc2C)c(C)c1. The number of sulfonamides is 1. The lowest BCUT2D eigenvalue weighted by Crippen LogP contribution is -2.37. The molecule has 0 heterocycles. The first-order chi connectivity index (χ1) is 15.5. The van der Waals surface area contributed by atoms with Crippen LogP contribution < -0.4 is 10.5 Å². The fraction of sp³-hybridized carbons (Fsp3) is 0.500. The second kappa shape index (κ2) is 12.2. The monoisotopic (exact) mass is 514 g/mol. The highest BCUT2D eigenvalue weighted by Crippen LogP contribution is 2.24. The van der Waals surface area contributed by atoms with E-state index in [4.69, 9.17) is 15.0 Å². The van der Waals surface area contributed by atoms with Crippen LogP contribution in [0, 0.1) is 41.5 Å². The van der Waals surface area contributed by atoms with E-state index in [9.17, 15) is 16.8 Å². The van der Waals surface area contributed by atoms with Crippen LogP contribution in [-0.2, 0) is 24.3 Å². The summed E-state index contributed by atoms with van der Waals surface area (Å²) in [6.07, 6.45) is 0. The van der Waals surface area contributed by atoms with Crippen LogP contribution in [-0.4, -0.2) is 47.2 Å². The molecule has 0 aliphatic heterocycles. The topological polar surface area (TPSA) is 136 Å². The van der Waals surface area contributed by atoms with Gasteiger partial charge >= 0.3 is 0 Å². The summed E-state index contributed by atoms with van der Waals surface area (Å²) in [5, 5.41) is 8.02. The maximum Gasteiger partial charge on any atom is 0.297 e. The first kappa shape index (κ1) is 30.2. The van der Waals surface area contributed by atoms with Crippen molar-refractivity contribution in [1.29, 1.82) is 0 Å². The van der Waals surface area contributed by atoms with Crippen molar-refractivity contribution in [2.75, 3.05) is 13.2 Å². The van der Waals surface area contributed by atoms with Gasteiger partial charge in [-0.3, -0.25) is 4.18 Å². The first-order valence-corrected chi connectivity index (χ1v) is 13.8. The summed E-state index contributed by atoms with van der Waals surface area (Å²) in [7, 11) is -7.83. The molecule has 192 valence electrons. The molecule has 0 spiro atoms. The highest BCUT2D eigenvalue weighted by Gasteiger charge is 2.25. The Balaban J connectivity index is 0.00000104. The van der Waals surface area contributed by atoms with E-state index in [2.05, 4.69) is 4.72 Å². The van der Waals surface area contributed by atoms with E-state index >= 15 is 0 Å². The Bertz CT molecular complexity index is 1160. The van der Waals surface area contributed by atoms with Crippen LogP contribution in [0.1, 0.15) is 47.2 Å². The number of benzene rings is 2. The zero-order chi connectivity index (χ0) is 26.4. The third-order valence-corrected chi connectivity index (χ3v) is 8.33. The fourth-order valence-corrected chi connectivity index (χ4v) is 6.85. The molecule has 2 atom stereocenters. The number of aliphatic hydroxyl groups is 1. The van der Waals surface area contributed by atoms with Gasteiger partial charge in [-0.1, -0.05) is 35.4 Å². The van der Waals surface area contributed by atoms with Crippen LogP contribution in [0.15, 0.2) is 34.1 Å². The summed E-state index contributed by atoms with van der Waals surface area (Å²) < 4.78 is 58.7. The molecule has 0 saturated heterocycles. The van der Waals surface area contributed by atoms with Gasteiger partial charge in [0.1, 0.15) is 0 Å². The Morgan fingerprint density at radius 3 is 1.53 bits per heavy atom. The van der Waals surface area contributed by atoms with Gasteiger partial charge in [-0.25, -0.2) is 13.1 Å². The molecule has 2 aromatic rings. The molecule has 0 saturated carbocycles. The average Bonchev–Trinajstić information content (AvgIpc) is 2.64. The van der Waals surface area contributed by atoms with Crippen molar-refractivity contribution in [3.8, 4) is 0 Å². The minimum absolute atomic E-state index is 0.0602. The molecule has 10 heteroatoms.